The van der Waals surface area contributed by atoms with E-state index in [9.17, 15) is 14.7 Å². The van der Waals surface area contributed by atoms with Crippen molar-refractivity contribution in [3.8, 4) is 5.69 Å². The summed E-state index contributed by atoms with van der Waals surface area (Å²) in [4.78, 5) is 37.6. The predicted molar refractivity (Wildman–Crippen MR) is 118 cm³/mol. The van der Waals surface area contributed by atoms with E-state index in [1.807, 2.05) is 49.4 Å². The summed E-state index contributed by atoms with van der Waals surface area (Å²) >= 11 is 0. The summed E-state index contributed by atoms with van der Waals surface area (Å²) in [5.74, 6) is -0.812. The van der Waals surface area contributed by atoms with Gasteiger partial charge in [0.2, 0.25) is 5.95 Å². The molecule has 2 aromatic heterocycles. The first-order valence-corrected chi connectivity index (χ1v) is 9.57. The number of nitrogens with one attached hydrogen (secondary N) is 1. The summed E-state index contributed by atoms with van der Waals surface area (Å²) in [5.41, 5.74) is 7.34. The molecule has 0 spiro atoms. The molecule has 0 aliphatic carbocycles. The topological polar surface area (TPSA) is 136 Å². The van der Waals surface area contributed by atoms with Crippen molar-refractivity contribution in [2.75, 3.05) is 11.1 Å². The molecule has 0 radical (unpaired) electrons. The maximum atomic E-state index is 13.5. The van der Waals surface area contributed by atoms with E-state index in [4.69, 9.17) is 10.7 Å². The predicted octanol–water partition coefficient (Wildman–Crippen LogP) is 2.94. The lowest BCUT2D eigenvalue weighted by Crippen LogP contribution is -2.28. The van der Waals surface area contributed by atoms with Crippen molar-refractivity contribution in [1.29, 1.82) is 0 Å². The molecule has 0 unspecified atom stereocenters. The summed E-state index contributed by atoms with van der Waals surface area (Å²) in [6.07, 6.45) is 1.14. The van der Waals surface area contributed by atoms with Crippen LogP contribution in [0.2, 0.25) is 0 Å². The lowest BCUT2D eigenvalue weighted by atomic mass is 10.1. The van der Waals surface area contributed by atoms with Gasteiger partial charge in [0.15, 0.2) is 0 Å². The van der Waals surface area contributed by atoms with Gasteiger partial charge >= 0.3 is 5.97 Å². The van der Waals surface area contributed by atoms with Gasteiger partial charge in [0.25, 0.3) is 5.56 Å². The summed E-state index contributed by atoms with van der Waals surface area (Å²) in [5, 5.41) is 13.0. The van der Waals surface area contributed by atoms with Crippen LogP contribution in [-0.2, 0) is 0 Å². The molecule has 1 atom stereocenters. The maximum absolute atomic E-state index is 13.5. The largest absolute Gasteiger partial charge is 0.477 e. The number of aromatic carboxylic acids is 1. The van der Waals surface area contributed by atoms with Crippen molar-refractivity contribution in [3.05, 3.63) is 82.0 Å². The van der Waals surface area contributed by atoms with E-state index in [0.717, 1.165) is 11.8 Å². The molecule has 31 heavy (non-hydrogen) atoms. The third-order valence-corrected chi connectivity index (χ3v) is 4.92. The lowest BCUT2D eigenvalue weighted by molar-refractivity contribution is 0.0697. The lowest BCUT2D eigenvalue weighted by Gasteiger charge is -2.21. The van der Waals surface area contributed by atoms with E-state index in [1.165, 1.54) is 4.57 Å². The van der Waals surface area contributed by atoms with E-state index >= 15 is 0 Å². The fourth-order valence-corrected chi connectivity index (χ4v) is 3.46. The molecule has 156 valence electrons. The van der Waals surface area contributed by atoms with Gasteiger partial charge < -0.3 is 16.2 Å². The Morgan fingerprint density at radius 3 is 2.58 bits per heavy atom. The van der Waals surface area contributed by atoms with Gasteiger partial charge in [0, 0.05) is 6.20 Å². The Bertz CT molecular complexity index is 1350. The smallest absolute Gasteiger partial charge is 0.341 e. The van der Waals surface area contributed by atoms with E-state index < -0.39 is 12.0 Å². The van der Waals surface area contributed by atoms with E-state index in [0.29, 0.717) is 22.4 Å². The number of carboxylic acid groups (broad SMARTS) is 1. The number of nitrogen functional groups attached to an aromatic ring is 1. The molecule has 4 rings (SSSR count). The molecular weight excluding hydrogens is 396 g/mol. The summed E-state index contributed by atoms with van der Waals surface area (Å²) < 4.78 is 1.53. The molecule has 0 saturated heterocycles. The summed E-state index contributed by atoms with van der Waals surface area (Å²) in [7, 11) is 0. The standard InChI is InChI=1S/C22H20N6O3/c1-12-7-6-10-16-17(12)20(29)28(14-8-4-3-5-9-14)19(26-16)13(2)25-18-15(21(30)31)11-24-22(23)27-18/h3-11,13H,1-2H3,(H,30,31)(H3,23,24,25,27)/t13-/m0/s1. The highest BCUT2D eigenvalue weighted by Crippen LogP contribution is 2.24. The first kappa shape index (κ1) is 20.0. The third-order valence-electron chi connectivity index (χ3n) is 4.92. The molecule has 2 aromatic carbocycles. The Hall–Kier alpha value is -4.27. The number of carbonyl (C=O) groups is 1. The highest BCUT2D eigenvalue weighted by atomic mass is 16.4. The third kappa shape index (κ3) is 3.68. The fraction of sp³-hybridized carbons (Fsp3) is 0.136. The van der Waals surface area contributed by atoms with E-state index in [1.54, 1.807) is 13.0 Å². The van der Waals surface area contributed by atoms with Crippen LogP contribution in [0.5, 0.6) is 0 Å². The Morgan fingerprint density at radius 1 is 1.13 bits per heavy atom. The number of nitrogens with zero attached hydrogens (tertiary/aromatic N) is 4. The molecule has 9 heteroatoms. The quantitative estimate of drug-likeness (QED) is 0.452. The highest BCUT2D eigenvalue weighted by Gasteiger charge is 2.21. The zero-order valence-corrected chi connectivity index (χ0v) is 16.9. The van der Waals surface area contributed by atoms with Crippen molar-refractivity contribution in [2.24, 2.45) is 0 Å². The maximum Gasteiger partial charge on any atom is 0.341 e. The van der Waals surface area contributed by atoms with Crippen molar-refractivity contribution < 1.29 is 9.90 Å². The molecule has 9 nitrogen and oxygen atoms in total. The van der Waals surface area contributed by atoms with Gasteiger partial charge in [-0.15, -0.1) is 0 Å². The van der Waals surface area contributed by atoms with E-state index in [2.05, 4.69) is 15.3 Å². The monoisotopic (exact) mass is 416 g/mol. The van der Waals surface area contributed by atoms with Gasteiger partial charge in [-0.3, -0.25) is 9.36 Å². The van der Waals surface area contributed by atoms with Gasteiger partial charge in [-0.25, -0.2) is 14.8 Å². The Morgan fingerprint density at radius 2 is 1.87 bits per heavy atom. The van der Waals surface area contributed by atoms with Gasteiger partial charge in [0.1, 0.15) is 17.2 Å². The van der Waals surface area contributed by atoms with Crippen LogP contribution in [-0.4, -0.2) is 30.6 Å². The average Bonchev–Trinajstić information content (AvgIpc) is 2.74. The molecule has 0 bridgehead atoms. The molecule has 0 aliphatic rings. The number of benzene rings is 2. The Labute approximate surface area is 177 Å². The normalized spacial score (nSPS) is 11.9. The molecule has 2 heterocycles. The van der Waals surface area contributed by atoms with Crippen LogP contribution in [0.4, 0.5) is 11.8 Å². The summed E-state index contributed by atoms with van der Waals surface area (Å²) in [6.45, 7) is 3.64. The number of aryl methyl sites for hydroxylation is 1. The zero-order valence-electron chi connectivity index (χ0n) is 16.9. The SMILES string of the molecule is Cc1cccc2nc([C@H](C)Nc3nc(N)ncc3C(=O)O)n(-c3ccccc3)c(=O)c12. The van der Waals surface area contributed by atoms with Crippen molar-refractivity contribution in [1.82, 2.24) is 19.5 Å². The second-order valence-corrected chi connectivity index (χ2v) is 7.08. The zero-order chi connectivity index (χ0) is 22.1. The van der Waals surface area contributed by atoms with Gasteiger partial charge in [-0.2, -0.15) is 4.98 Å². The van der Waals surface area contributed by atoms with Crippen LogP contribution in [0.3, 0.4) is 0 Å². The van der Waals surface area contributed by atoms with Crippen LogP contribution in [0.1, 0.15) is 34.7 Å². The Balaban J connectivity index is 1.92. The molecule has 0 saturated carbocycles. The Kier molecular flexibility index (Phi) is 5.08. The number of rotatable bonds is 5. The van der Waals surface area contributed by atoms with Gasteiger partial charge in [-0.1, -0.05) is 30.3 Å². The van der Waals surface area contributed by atoms with Gasteiger partial charge in [-0.05, 0) is 37.6 Å². The molecular formula is C22H20N6O3. The number of anilines is 2. The molecule has 0 amide bonds. The minimum Gasteiger partial charge on any atom is -0.477 e. The molecule has 0 aliphatic heterocycles. The molecule has 4 N–H and O–H groups in total. The van der Waals surface area contributed by atoms with E-state index in [-0.39, 0.29) is 22.9 Å². The fourth-order valence-electron chi connectivity index (χ4n) is 3.46. The number of para-hydroxylation sites is 1. The molecule has 0 fully saturated rings. The number of nitrogens with two attached hydrogens (primary N) is 1. The summed E-state index contributed by atoms with van der Waals surface area (Å²) in [6, 6.07) is 14.1. The molecule has 4 aromatic rings. The highest BCUT2D eigenvalue weighted by molar-refractivity contribution is 5.93. The number of hydrogen-bond donors (Lipinski definition) is 3. The number of hydrogen-bond acceptors (Lipinski definition) is 7. The first-order valence-electron chi connectivity index (χ1n) is 9.57. The van der Waals surface area contributed by atoms with Crippen molar-refractivity contribution in [3.63, 3.8) is 0 Å². The minimum absolute atomic E-state index is 0.0469. The van der Waals surface area contributed by atoms with Crippen LogP contribution in [0.25, 0.3) is 16.6 Å². The van der Waals surface area contributed by atoms with Crippen molar-refractivity contribution in [2.45, 2.75) is 19.9 Å². The van der Waals surface area contributed by atoms with Crippen LogP contribution in [0.15, 0.2) is 59.5 Å². The number of carboxylic acids is 1. The van der Waals surface area contributed by atoms with Gasteiger partial charge in [0.05, 0.1) is 22.6 Å². The van der Waals surface area contributed by atoms with Crippen LogP contribution in [0, 0.1) is 6.92 Å². The first-order chi connectivity index (χ1) is 14.9. The second-order valence-electron chi connectivity index (χ2n) is 7.08. The average molecular weight is 416 g/mol. The van der Waals surface area contributed by atoms with Crippen LogP contribution >= 0.6 is 0 Å². The van der Waals surface area contributed by atoms with Crippen molar-refractivity contribution >= 4 is 28.6 Å². The van der Waals surface area contributed by atoms with Crippen LogP contribution < -0.4 is 16.6 Å². The second kappa shape index (κ2) is 7.86. The number of fused-ring (bicyclic) bond motifs is 1. The number of aromatic nitrogens is 4. The minimum atomic E-state index is -1.20.